The third-order valence-corrected chi connectivity index (χ3v) is 1.63. The number of rotatable bonds is 2. The van der Waals surface area contributed by atoms with Crippen molar-refractivity contribution in [2.45, 2.75) is 20.8 Å². The molecule has 0 unspecified atom stereocenters. The summed E-state index contributed by atoms with van der Waals surface area (Å²) in [6, 6.07) is 0. The maximum absolute atomic E-state index is 9.56. The van der Waals surface area contributed by atoms with E-state index in [0.717, 1.165) is 11.5 Å². The first-order chi connectivity index (χ1) is 6.35. The van der Waals surface area contributed by atoms with E-state index in [4.69, 9.17) is 4.55 Å². The number of imidazole rings is 1. The fourth-order valence-electron chi connectivity index (χ4n) is 0.692. The van der Waals surface area contributed by atoms with E-state index in [-0.39, 0.29) is 6.61 Å². The molecule has 6 nitrogen and oxygen atoms in total. The van der Waals surface area contributed by atoms with Gasteiger partial charge in [-0.2, -0.15) is 8.42 Å². The van der Waals surface area contributed by atoms with E-state index in [1.54, 1.807) is 0 Å². The van der Waals surface area contributed by atoms with Gasteiger partial charge in [0.05, 0.1) is 6.61 Å². The van der Waals surface area contributed by atoms with Gasteiger partial charge in [-0.15, -0.1) is 0 Å². The first-order valence-electron chi connectivity index (χ1n) is 3.95. The standard InChI is InChI=1S/C5H8N2.C2H6O4S/c1-4-3-6-5(2)7-4;1-2-6-7(3,4)5/h3H,1-2H3,(H,6,7);2H2,1H3,(H,3,4,5). The molecule has 14 heavy (non-hydrogen) atoms. The molecule has 82 valence electrons. The topological polar surface area (TPSA) is 92.3 Å². The number of aromatic amines is 1. The molecule has 0 saturated carbocycles. The van der Waals surface area contributed by atoms with Crippen molar-refractivity contribution in [3.05, 3.63) is 17.7 Å². The van der Waals surface area contributed by atoms with E-state index in [2.05, 4.69) is 14.2 Å². The Morgan fingerprint density at radius 2 is 2.14 bits per heavy atom. The first-order valence-corrected chi connectivity index (χ1v) is 5.31. The van der Waals surface area contributed by atoms with Crippen LogP contribution in [0.2, 0.25) is 0 Å². The molecule has 0 atom stereocenters. The van der Waals surface area contributed by atoms with Gasteiger partial charge in [-0.3, -0.25) is 4.55 Å². The van der Waals surface area contributed by atoms with Crippen LogP contribution in [0.5, 0.6) is 0 Å². The van der Waals surface area contributed by atoms with E-state index < -0.39 is 10.4 Å². The van der Waals surface area contributed by atoms with E-state index in [1.165, 1.54) is 6.92 Å². The molecule has 0 spiro atoms. The van der Waals surface area contributed by atoms with Gasteiger partial charge in [-0.25, -0.2) is 9.17 Å². The molecule has 0 fully saturated rings. The molecule has 0 aliphatic rings. The van der Waals surface area contributed by atoms with Crippen LogP contribution in [0.4, 0.5) is 0 Å². The predicted molar refractivity (Wildman–Crippen MR) is 51.2 cm³/mol. The summed E-state index contributed by atoms with van der Waals surface area (Å²) in [5, 5.41) is 0. The van der Waals surface area contributed by atoms with Gasteiger partial charge in [0, 0.05) is 11.9 Å². The van der Waals surface area contributed by atoms with Crippen LogP contribution in [-0.2, 0) is 14.6 Å². The molecule has 1 heterocycles. The Balaban J connectivity index is 0.000000241. The number of aryl methyl sites for hydroxylation is 2. The molecule has 1 aromatic heterocycles. The van der Waals surface area contributed by atoms with Crippen molar-refractivity contribution < 1.29 is 17.2 Å². The molecule has 0 saturated heterocycles. The average Bonchev–Trinajstić information content (AvgIpc) is 2.33. The zero-order chi connectivity index (χ0) is 11.2. The zero-order valence-corrected chi connectivity index (χ0v) is 9.13. The lowest BCUT2D eigenvalue weighted by molar-refractivity contribution is 0.283. The van der Waals surface area contributed by atoms with E-state index in [9.17, 15) is 8.42 Å². The van der Waals surface area contributed by atoms with Crippen LogP contribution in [0, 0.1) is 13.8 Å². The number of H-pyrrole nitrogens is 1. The van der Waals surface area contributed by atoms with Gasteiger partial charge in [-0.05, 0) is 20.8 Å². The summed E-state index contributed by atoms with van der Waals surface area (Å²) < 4.78 is 30.7. The van der Waals surface area contributed by atoms with Crippen LogP contribution >= 0.6 is 0 Å². The Bertz CT molecular complexity index is 341. The van der Waals surface area contributed by atoms with Gasteiger partial charge in [0.1, 0.15) is 5.82 Å². The number of hydrogen-bond donors (Lipinski definition) is 2. The quantitative estimate of drug-likeness (QED) is 0.724. The Morgan fingerprint density at radius 3 is 2.21 bits per heavy atom. The van der Waals surface area contributed by atoms with Crippen LogP contribution in [-0.4, -0.2) is 29.5 Å². The van der Waals surface area contributed by atoms with Gasteiger partial charge in [0.2, 0.25) is 0 Å². The normalized spacial score (nSPS) is 10.6. The second-order valence-corrected chi connectivity index (χ2v) is 3.58. The van der Waals surface area contributed by atoms with Crippen LogP contribution in [0.1, 0.15) is 18.4 Å². The Morgan fingerprint density at radius 1 is 1.57 bits per heavy atom. The van der Waals surface area contributed by atoms with E-state index >= 15 is 0 Å². The van der Waals surface area contributed by atoms with Crippen LogP contribution < -0.4 is 0 Å². The largest absolute Gasteiger partial charge is 0.397 e. The van der Waals surface area contributed by atoms with E-state index in [1.807, 2.05) is 20.0 Å². The van der Waals surface area contributed by atoms with Gasteiger partial charge >= 0.3 is 10.4 Å². The highest BCUT2D eigenvalue weighted by Crippen LogP contribution is 1.89. The van der Waals surface area contributed by atoms with Crippen molar-refractivity contribution in [1.82, 2.24) is 9.97 Å². The van der Waals surface area contributed by atoms with Gasteiger partial charge in [-0.1, -0.05) is 0 Å². The summed E-state index contributed by atoms with van der Waals surface area (Å²) in [6.45, 7) is 5.36. The van der Waals surface area contributed by atoms with Crippen molar-refractivity contribution in [1.29, 1.82) is 0 Å². The van der Waals surface area contributed by atoms with Crippen LogP contribution in [0.3, 0.4) is 0 Å². The molecular formula is C7H14N2O4S. The fraction of sp³-hybridized carbons (Fsp3) is 0.571. The molecule has 1 rings (SSSR count). The minimum atomic E-state index is -4.17. The Labute approximate surface area is 83.3 Å². The van der Waals surface area contributed by atoms with Gasteiger partial charge in [0.15, 0.2) is 0 Å². The number of nitrogens with one attached hydrogen (secondary N) is 1. The molecule has 1 aromatic rings. The summed E-state index contributed by atoms with van der Waals surface area (Å²) in [4.78, 5) is 6.99. The van der Waals surface area contributed by atoms with Crippen LogP contribution in [0.25, 0.3) is 0 Å². The lowest BCUT2D eigenvalue weighted by Gasteiger charge is -1.88. The second-order valence-electron chi connectivity index (χ2n) is 2.49. The lowest BCUT2D eigenvalue weighted by atomic mass is 10.6. The fourth-order valence-corrected chi connectivity index (χ4v) is 0.990. The number of nitrogens with zero attached hydrogens (tertiary/aromatic N) is 1. The third kappa shape index (κ3) is 7.71. The first kappa shape index (κ1) is 13.1. The molecular weight excluding hydrogens is 208 g/mol. The highest BCUT2D eigenvalue weighted by molar-refractivity contribution is 7.80. The van der Waals surface area contributed by atoms with Gasteiger partial charge < -0.3 is 4.98 Å². The second kappa shape index (κ2) is 5.74. The van der Waals surface area contributed by atoms with Crippen molar-refractivity contribution in [3.8, 4) is 0 Å². The van der Waals surface area contributed by atoms with Crippen molar-refractivity contribution in [3.63, 3.8) is 0 Å². The molecule has 0 amide bonds. The van der Waals surface area contributed by atoms with Gasteiger partial charge in [0.25, 0.3) is 0 Å². The molecule has 0 radical (unpaired) electrons. The van der Waals surface area contributed by atoms with E-state index in [0.29, 0.717) is 0 Å². The van der Waals surface area contributed by atoms with Crippen molar-refractivity contribution in [2.24, 2.45) is 0 Å². The Kier molecular flexibility index (Phi) is 5.36. The minimum absolute atomic E-state index is 0.0289. The molecule has 7 heteroatoms. The monoisotopic (exact) mass is 222 g/mol. The predicted octanol–water partition coefficient (Wildman–Crippen LogP) is 0.852. The lowest BCUT2D eigenvalue weighted by Crippen LogP contribution is -2.01. The third-order valence-electron chi connectivity index (χ3n) is 1.10. The summed E-state index contributed by atoms with van der Waals surface area (Å²) in [5.74, 6) is 0.984. The molecule has 2 N–H and O–H groups in total. The van der Waals surface area contributed by atoms with Crippen molar-refractivity contribution in [2.75, 3.05) is 6.61 Å². The van der Waals surface area contributed by atoms with Crippen molar-refractivity contribution >= 4 is 10.4 Å². The maximum Gasteiger partial charge on any atom is 0.397 e. The zero-order valence-electron chi connectivity index (χ0n) is 8.31. The average molecular weight is 222 g/mol. The van der Waals surface area contributed by atoms with Crippen LogP contribution in [0.15, 0.2) is 6.20 Å². The SMILES string of the molecule is CCOS(=O)(=O)O.Cc1cnc(C)[nH]1. The summed E-state index contributed by atoms with van der Waals surface area (Å²) in [5.41, 5.74) is 1.12. The Hall–Kier alpha value is -0.920. The highest BCUT2D eigenvalue weighted by atomic mass is 32.3. The number of aromatic nitrogens is 2. The number of hydrogen-bond acceptors (Lipinski definition) is 4. The summed E-state index contributed by atoms with van der Waals surface area (Å²) in [6.07, 6.45) is 1.81. The highest BCUT2D eigenvalue weighted by Gasteiger charge is 1.98. The maximum atomic E-state index is 9.56. The molecule has 0 bridgehead atoms. The smallest absolute Gasteiger partial charge is 0.346 e. The minimum Gasteiger partial charge on any atom is -0.346 e. The molecule has 0 aliphatic carbocycles. The molecule has 0 aromatic carbocycles. The summed E-state index contributed by atoms with van der Waals surface area (Å²) in [7, 11) is -4.17. The molecule has 0 aliphatic heterocycles. The summed E-state index contributed by atoms with van der Waals surface area (Å²) >= 11 is 0.